The van der Waals surface area contributed by atoms with Crippen molar-refractivity contribution in [1.82, 2.24) is 14.3 Å². The SMILES string of the molecule is CCOc1cc(=O)n(C)cc1-c1ccc2cnn(Cc3c(C)cccc3C)c2c1. The summed E-state index contributed by atoms with van der Waals surface area (Å²) in [6, 6.07) is 14.2. The summed E-state index contributed by atoms with van der Waals surface area (Å²) in [6.45, 7) is 7.42. The molecule has 0 N–H and O–H groups in total. The van der Waals surface area contributed by atoms with Gasteiger partial charge in [-0.2, -0.15) is 5.10 Å². The van der Waals surface area contributed by atoms with Gasteiger partial charge in [0.05, 0.1) is 24.9 Å². The van der Waals surface area contributed by atoms with E-state index in [1.165, 1.54) is 16.7 Å². The van der Waals surface area contributed by atoms with E-state index in [0.29, 0.717) is 12.4 Å². The molecule has 0 unspecified atom stereocenters. The van der Waals surface area contributed by atoms with Crippen LogP contribution in [-0.4, -0.2) is 21.0 Å². The molecule has 0 aliphatic heterocycles. The van der Waals surface area contributed by atoms with Gasteiger partial charge < -0.3 is 9.30 Å². The van der Waals surface area contributed by atoms with E-state index in [9.17, 15) is 4.79 Å². The van der Waals surface area contributed by atoms with Gasteiger partial charge >= 0.3 is 0 Å². The maximum atomic E-state index is 12.1. The Morgan fingerprint density at radius 1 is 1.07 bits per heavy atom. The highest BCUT2D eigenvalue weighted by Crippen LogP contribution is 2.31. The van der Waals surface area contributed by atoms with E-state index in [1.54, 1.807) is 17.7 Å². The van der Waals surface area contributed by atoms with Crippen LogP contribution in [0.15, 0.2) is 59.7 Å². The molecule has 5 nitrogen and oxygen atoms in total. The van der Waals surface area contributed by atoms with Gasteiger partial charge in [0.25, 0.3) is 5.56 Å². The first-order valence-electron chi connectivity index (χ1n) is 9.82. The molecule has 0 saturated heterocycles. The van der Waals surface area contributed by atoms with E-state index in [-0.39, 0.29) is 5.56 Å². The Balaban J connectivity index is 1.83. The standard InChI is InChI=1S/C24H25N3O2/c1-5-29-23-12-24(28)26(4)14-21(23)18-9-10-19-13-25-27(22(19)11-18)15-20-16(2)7-6-8-17(20)3/h6-14H,5,15H2,1-4H3. The van der Waals surface area contributed by atoms with Crippen LogP contribution in [0.4, 0.5) is 0 Å². The lowest BCUT2D eigenvalue weighted by Crippen LogP contribution is -2.16. The molecule has 4 aromatic rings. The first kappa shape index (κ1) is 19.0. The predicted molar refractivity (Wildman–Crippen MR) is 117 cm³/mol. The van der Waals surface area contributed by atoms with Gasteiger partial charge in [-0.25, -0.2) is 0 Å². The van der Waals surface area contributed by atoms with Crippen LogP contribution >= 0.6 is 0 Å². The molecule has 148 valence electrons. The molecule has 0 saturated carbocycles. The predicted octanol–water partition coefficient (Wildman–Crippen LogP) is 4.47. The van der Waals surface area contributed by atoms with Gasteiger partial charge in [0.1, 0.15) is 5.75 Å². The van der Waals surface area contributed by atoms with Crippen molar-refractivity contribution in [2.45, 2.75) is 27.3 Å². The second-order valence-corrected chi connectivity index (χ2v) is 7.38. The van der Waals surface area contributed by atoms with Crippen LogP contribution in [0.5, 0.6) is 5.75 Å². The summed E-state index contributed by atoms with van der Waals surface area (Å²) in [5.74, 6) is 0.607. The minimum atomic E-state index is -0.0849. The second kappa shape index (κ2) is 7.59. The summed E-state index contributed by atoms with van der Waals surface area (Å²) < 4.78 is 9.36. The molecule has 4 rings (SSSR count). The Morgan fingerprint density at radius 3 is 2.55 bits per heavy atom. The van der Waals surface area contributed by atoms with Crippen LogP contribution in [0.3, 0.4) is 0 Å². The van der Waals surface area contributed by atoms with Gasteiger partial charge in [0.15, 0.2) is 0 Å². The van der Waals surface area contributed by atoms with Crippen LogP contribution in [0.25, 0.3) is 22.0 Å². The molecule has 5 heteroatoms. The third kappa shape index (κ3) is 3.56. The summed E-state index contributed by atoms with van der Waals surface area (Å²) in [7, 11) is 1.76. The summed E-state index contributed by atoms with van der Waals surface area (Å²) >= 11 is 0. The van der Waals surface area contributed by atoms with Crippen molar-refractivity contribution in [3.8, 4) is 16.9 Å². The Morgan fingerprint density at radius 2 is 1.83 bits per heavy atom. The second-order valence-electron chi connectivity index (χ2n) is 7.38. The van der Waals surface area contributed by atoms with Gasteiger partial charge in [0.2, 0.25) is 0 Å². The summed E-state index contributed by atoms with van der Waals surface area (Å²) in [4.78, 5) is 12.1. The fourth-order valence-electron chi connectivity index (χ4n) is 3.72. The number of nitrogens with zero attached hydrogens (tertiary/aromatic N) is 3. The van der Waals surface area contributed by atoms with Gasteiger partial charge in [-0.3, -0.25) is 9.48 Å². The highest BCUT2D eigenvalue weighted by Gasteiger charge is 2.13. The molecule has 2 aromatic carbocycles. The molecule has 0 aliphatic rings. The minimum Gasteiger partial charge on any atom is -0.493 e. The van der Waals surface area contributed by atoms with Gasteiger partial charge in [-0.15, -0.1) is 0 Å². The fourth-order valence-corrected chi connectivity index (χ4v) is 3.72. The van der Waals surface area contributed by atoms with Gasteiger partial charge in [0, 0.05) is 30.3 Å². The normalized spacial score (nSPS) is 11.2. The Bertz CT molecular complexity index is 1230. The number of hydrogen-bond donors (Lipinski definition) is 0. The van der Waals surface area contributed by atoms with Crippen molar-refractivity contribution in [3.63, 3.8) is 0 Å². The number of aryl methyl sites for hydroxylation is 3. The van der Waals surface area contributed by atoms with Gasteiger partial charge in [-0.1, -0.05) is 30.3 Å². The van der Waals surface area contributed by atoms with E-state index in [2.05, 4.69) is 55.3 Å². The number of aromatic nitrogens is 3. The Kier molecular flexibility index (Phi) is 4.97. The molecule has 0 atom stereocenters. The zero-order chi connectivity index (χ0) is 20.5. The highest BCUT2D eigenvalue weighted by molar-refractivity contribution is 5.85. The lowest BCUT2D eigenvalue weighted by atomic mass is 10.0. The van der Waals surface area contributed by atoms with Crippen LogP contribution in [-0.2, 0) is 13.6 Å². The summed E-state index contributed by atoms with van der Waals surface area (Å²) in [6.07, 6.45) is 3.73. The number of ether oxygens (including phenoxy) is 1. The molecular weight excluding hydrogens is 362 g/mol. The van der Waals surface area contributed by atoms with E-state index in [0.717, 1.165) is 28.6 Å². The molecule has 29 heavy (non-hydrogen) atoms. The van der Waals surface area contributed by atoms with Crippen molar-refractivity contribution >= 4 is 10.9 Å². The topological polar surface area (TPSA) is 49.1 Å². The minimum absolute atomic E-state index is 0.0849. The Labute approximate surface area is 170 Å². The molecular formula is C24H25N3O2. The van der Waals surface area contributed by atoms with Crippen molar-refractivity contribution < 1.29 is 4.74 Å². The molecule has 0 spiro atoms. The Hall–Kier alpha value is -3.34. The van der Waals surface area contributed by atoms with Crippen LogP contribution in [0.2, 0.25) is 0 Å². The number of fused-ring (bicyclic) bond motifs is 1. The van der Waals surface area contributed by atoms with Crippen LogP contribution < -0.4 is 10.3 Å². The lowest BCUT2D eigenvalue weighted by molar-refractivity contribution is 0.340. The molecule has 0 bridgehead atoms. The highest BCUT2D eigenvalue weighted by atomic mass is 16.5. The van der Waals surface area contributed by atoms with E-state index in [4.69, 9.17) is 4.74 Å². The third-order valence-corrected chi connectivity index (χ3v) is 5.40. The number of hydrogen-bond acceptors (Lipinski definition) is 3. The van der Waals surface area contributed by atoms with E-state index >= 15 is 0 Å². The molecule has 0 amide bonds. The summed E-state index contributed by atoms with van der Waals surface area (Å²) in [5, 5.41) is 5.71. The smallest absolute Gasteiger partial charge is 0.254 e. The quantitative estimate of drug-likeness (QED) is 0.508. The van der Waals surface area contributed by atoms with Crippen LogP contribution in [0, 0.1) is 13.8 Å². The van der Waals surface area contributed by atoms with E-state index in [1.807, 2.05) is 24.0 Å². The first-order valence-corrected chi connectivity index (χ1v) is 9.82. The largest absolute Gasteiger partial charge is 0.493 e. The zero-order valence-electron chi connectivity index (χ0n) is 17.3. The number of benzene rings is 2. The van der Waals surface area contributed by atoms with Crippen molar-refractivity contribution in [3.05, 3.63) is 81.9 Å². The maximum absolute atomic E-state index is 12.1. The first-order chi connectivity index (χ1) is 14.0. The lowest BCUT2D eigenvalue weighted by Gasteiger charge is -2.13. The molecule has 2 aromatic heterocycles. The average molecular weight is 387 g/mol. The molecule has 0 radical (unpaired) electrons. The van der Waals surface area contributed by atoms with Crippen LogP contribution in [0.1, 0.15) is 23.6 Å². The number of rotatable bonds is 5. The maximum Gasteiger partial charge on any atom is 0.254 e. The van der Waals surface area contributed by atoms with Gasteiger partial charge in [-0.05, 0) is 49.1 Å². The molecule has 2 heterocycles. The van der Waals surface area contributed by atoms with Crippen molar-refractivity contribution in [2.24, 2.45) is 7.05 Å². The average Bonchev–Trinajstić information content (AvgIpc) is 3.10. The zero-order valence-corrected chi connectivity index (χ0v) is 17.3. The molecule has 0 aliphatic carbocycles. The summed E-state index contributed by atoms with van der Waals surface area (Å²) in [5.41, 5.74) is 6.69. The number of pyridine rings is 1. The van der Waals surface area contributed by atoms with E-state index < -0.39 is 0 Å². The monoisotopic (exact) mass is 387 g/mol. The van der Waals surface area contributed by atoms with Crippen molar-refractivity contribution in [2.75, 3.05) is 6.61 Å². The molecule has 0 fully saturated rings. The van der Waals surface area contributed by atoms with Crippen molar-refractivity contribution in [1.29, 1.82) is 0 Å². The third-order valence-electron chi connectivity index (χ3n) is 5.40. The fraction of sp³-hybridized carbons (Fsp3) is 0.250.